The van der Waals surface area contributed by atoms with E-state index < -0.39 is 0 Å². The van der Waals surface area contributed by atoms with E-state index in [9.17, 15) is 0 Å². The first kappa shape index (κ1) is 16.0. The van der Waals surface area contributed by atoms with Crippen LogP contribution in [0.15, 0.2) is 5.16 Å². The van der Waals surface area contributed by atoms with E-state index in [0.29, 0.717) is 11.9 Å². The third-order valence-corrected chi connectivity index (χ3v) is 3.19. The molecule has 1 aromatic rings. The van der Waals surface area contributed by atoms with Crippen molar-refractivity contribution in [3.05, 3.63) is 0 Å². The van der Waals surface area contributed by atoms with Gasteiger partial charge in [-0.25, -0.2) is 0 Å². The number of anilines is 2. The Balaban J connectivity index is 2.69. The molecule has 1 N–H and O–H groups in total. The lowest BCUT2D eigenvalue weighted by atomic mass is 10.5. The van der Waals surface area contributed by atoms with Crippen LogP contribution in [0.5, 0.6) is 0 Å². The molecule has 0 amide bonds. The minimum Gasteiger partial charge on any atom is -0.385 e. The number of nitrogens with one attached hydrogen (secondary N) is 1. The number of thioether (sulfide) groups is 1. The summed E-state index contributed by atoms with van der Waals surface area (Å²) >= 11 is 1.63. The largest absolute Gasteiger partial charge is 0.385 e. The lowest BCUT2D eigenvalue weighted by Gasteiger charge is -2.13. The van der Waals surface area contributed by atoms with Crippen LogP contribution in [0.25, 0.3) is 0 Å². The molecular weight excluding hydrogens is 262 g/mol. The molecule has 0 fully saturated rings. The van der Waals surface area contributed by atoms with E-state index >= 15 is 0 Å². The highest BCUT2D eigenvalue weighted by Crippen LogP contribution is 2.18. The topological polar surface area (TPSA) is 63.2 Å². The quantitative estimate of drug-likeness (QED) is 0.549. The Bertz CT molecular complexity index is 375. The molecule has 0 aromatic carbocycles. The summed E-state index contributed by atoms with van der Waals surface area (Å²) < 4.78 is 5.03. The lowest BCUT2D eigenvalue weighted by molar-refractivity contribution is 0.200. The smallest absolute Gasteiger partial charge is 0.230 e. The van der Waals surface area contributed by atoms with Crippen molar-refractivity contribution >= 4 is 23.7 Å². The Labute approximate surface area is 119 Å². The molecule has 0 radical (unpaired) electrons. The molecule has 0 spiro atoms. The molecule has 108 valence electrons. The third-order valence-electron chi connectivity index (χ3n) is 2.26. The van der Waals surface area contributed by atoms with Crippen molar-refractivity contribution in [2.24, 2.45) is 0 Å². The Morgan fingerprint density at radius 1 is 1.26 bits per heavy atom. The highest BCUT2D eigenvalue weighted by atomic mass is 32.2. The van der Waals surface area contributed by atoms with Gasteiger partial charge >= 0.3 is 0 Å². The van der Waals surface area contributed by atoms with E-state index in [1.807, 2.05) is 19.0 Å². The number of aromatic nitrogens is 3. The predicted molar refractivity (Wildman–Crippen MR) is 80.2 cm³/mol. The molecule has 0 aliphatic rings. The van der Waals surface area contributed by atoms with Crippen LogP contribution in [0.4, 0.5) is 11.9 Å². The molecule has 19 heavy (non-hydrogen) atoms. The summed E-state index contributed by atoms with van der Waals surface area (Å²) in [6, 6.07) is 0. The monoisotopic (exact) mass is 285 g/mol. The maximum atomic E-state index is 5.03. The molecule has 0 saturated carbocycles. The maximum Gasteiger partial charge on any atom is 0.230 e. The van der Waals surface area contributed by atoms with Crippen molar-refractivity contribution in [3.63, 3.8) is 0 Å². The first-order valence-electron chi connectivity index (χ1n) is 6.46. The van der Waals surface area contributed by atoms with E-state index in [0.717, 1.165) is 36.9 Å². The van der Waals surface area contributed by atoms with E-state index in [4.69, 9.17) is 4.74 Å². The fourth-order valence-electron chi connectivity index (χ4n) is 1.29. The van der Waals surface area contributed by atoms with Gasteiger partial charge in [-0.05, 0) is 12.8 Å². The number of hydrogen-bond acceptors (Lipinski definition) is 7. The molecule has 0 bridgehead atoms. The molecule has 0 atom stereocenters. The average molecular weight is 285 g/mol. The molecule has 0 saturated heterocycles. The highest BCUT2D eigenvalue weighted by molar-refractivity contribution is 7.99. The van der Waals surface area contributed by atoms with Gasteiger partial charge in [0.1, 0.15) is 0 Å². The summed E-state index contributed by atoms with van der Waals surface area (Å²) in [5, 5.41) is 3.96. The maximum absolute atomic E-state index is 5.03. The van der Waals surface area contributed by atoms with Crippen LogP contribution in [-0.4, -0.2) is 55.1 Å². The molecule has 7 heteroatoms. The molecule has 1 heterocycles. The Morgan fingerprint density at radius 3 is 2.68 bits per heavy atom. The Kier molecular flexibility index (Phi) is 7.50. The lowest BCUT2D eigenvalue weighted by Crippen LogP contribution is -2.16. The first-order chi connectivity index (χ1) is 9.17. The van der Waals surface area contributed by atoms with Crippen LogP contribution in [0.3, 0.4) is 0 Å². The zero-order chi connectivity index (χ0) is 14.1. The molecule has 6 nitrogen and oxygen atoms in total. The summed E-state index contributed by atoms with van der Waals surface area (Å²) in [6.07, 6.45) is 2.03. The minimum absolute atomic E-state index is 0.648. The van der Waals surface area contributed by atoms with Crippen LogP contribution in [0.1, 0.15) is 19.8 Å². The normalized spacial score (nSPS) is 10.5. The van der Waals surface area contributed by atoms with Crippen molar-refractivity contribution in [1.82, 2.24) is 15.0 Å². The van der Waals surface area contributed by atoms with Crippen LogP contribution >= 0.6 is 11.8 Å². The summed E-state index contributed by atoms with van der Waals surface area (Å²) in [6.45, 7) is 3.74. The average Bonchev–Trinajstić information content (AvgIpc) is 2.41. The Hall–Kier alpha value is -1.08. The SMILES string of the molecule is CCCNc1nc(SCCCOC)nc(N(C)C)n1. The number of ether oxygens (including phenoxy) is 1. The van der Waals surface area contributed by atoms with Gasteiger partial charge in [-0.1, -0.05) is 18.7 Å². The second kappa shape index (κ2) is 8.92. The number of methoxy groups -OCH3 is 1. The molecule has 0 aliphatic heterocycles. The van der Waals surface area contributed by atoms with E-state index in [1.54, 1.807) is 18.9 Å². The van der Waals surface area contributed by atoms with Crippen molar-refractivity contribution in [1.29, 1.82) is 0 Å². The second-order valence-corrected chi connectivity index (χ2v) is 5.32. The van der Waals surface area contributed by atoms with Gasteiger partial charge in [-0.3, -0.25) is 0 Å². The second-order valence-electron chi connectivity index (χ2n) is 4.26. The first-order valence-corrected chi connectivity index (χ1v) is 7.45. The van der Waals surface area contributed by atoms with Gasteiger partial charge in [-0.15, -0.1) is 0 Å². The standard InChI is InChI=1S/C12H23N5OS/c1-5-7-13-10-14-11(17(2)3)16-12(15-10)19-9-6-8-18-4/h5-9H2,1-4H3,(H,13,14,15,16). The van der Waals surface area contributed by atoms with Crippen molar-refractivity contribution in [2.75, 3.05) is 50.3 Å². The third kappa shape index (κ3) is 6.07. The fraction of sp³-hybridized carbons (Fsp3) is 0.750. The van der Waals surface area contributed by atoms with Crippen LogP contribution < -0.4 is 10.2 Å². The summed E-state index contributed by atoms with van der Waals surface area (Å²) in [7, 11) is 5.57. The zero-order valence-electron chi connectivity index (χ0n) is 12.1. The van der Waals surface area contributed by atoms with Gasteiger partial charge in [0.2, 0.25) is 11.9 Å². The molecule has 0 aliphatic carbocycles. The van der Waals surface area contributed by atoms with Crippen molar-refractivity contribution in [3.8, 4) is 0 Å². The van der Waals surface area contributed by atoms with Gasteiger partial charge in [0.15, 0.2) is 5.16 Å². The zero-order valence-corrected chi connectivity index (χ0v) is 13.0. The van der Waals surface area contributed by atoms with E-state index in [2.05, 4.69) is 27.2 Å². The number of hydrogen-bond donors (Lipinski definition) is 1. The highest BCUT2D eigenvalue weighted by Gasteiger charge is 2.08. The fourth-order valence-corrected chi connectivity index (χ4v) is 2.03. The van der Waals surface area contributed by atoms with Crippen LogP contribution in [-0.2, 0) is 4.74 Å². The number of rotatable bonds is 9. The van der Waals surface area contributed by atoms with E-state index in [-0.39, 0.29) is 0 Å². The summed E-state index contributed by atoms with van der Waals surface area (Å²) in [5.41, 5.74) is 0. The minimum atomic E-state index is 0.648. The van der Waals surface area contributed by atoms with E-state index in [1.165, 1.54) is 0 Å². The predicted octanol–water partition coefficient (Wildman–Crippen LogP) is 1.89. The molecular formula is C12H23N5OS. The number of nitrogens with zero attached hydrogens (tertiary/aromatic N) is 4. The van der Waals surface area contributed by atoms with Gasteiger partial charge in [0, 0.05) is 40.1 Å². The molecule has 1 aromatic heterocycles. The summed E-state index contributed by atoms with van der Waals surface area (Å²) in [4.78, 5) is 15.1. The van der Waals surface area contributed by atoms with Crippen molar-refractivity contribution in [2.45, 2.75) is 24.9 Å². The molecule has 0 unspecified atom stereocenters. The van der Waals surface area contributed by atoms with Gasteiger partial charge in [0.05, 0.1) is 0 Å². The van der Waals surface area contributed by atoms with Crippen LogP contribution in [0.2, 0.25) is 0 Å². The molecule has 1 rings (SSSR count). The van der Waals surface area contributed by atoms with Gasteiger partial charge < -0.3 is 15.0 Å². The van der Waals surface area contributed by atoms with Gasteiger partial charge in [0.25, 0.3) is 0 Å². The Morgan fingerprint density at radius 2 is 2.05 bits per heavy atom. The van der Waals surface area contributed by atoms with Crippen LogP contribution in [0, 0.1) is 0 Å². The van der Waals surface area contributed by atoms with Gasteiger partial charge in [-0.2, -0.15) is 15.0 Å². The summed E-state index contributed by atoms with van der Waals surface area (Å²) in [5.74, 6) is 2.27. The van der Waals surface area contributed by atoms with Crippen molar-refractivity contribution < 1.29 is 4.74 Å².